The zero-order valence-corrected chi connectivity index (χ0v) is 11.0. The first kappa shape index (κ1) is 12.7. The molecule has 2 rings (SSSR count). The summed E-state index contributed by atoms with van der Waals surface area (Å²) in [6.07, 6.45) is 4.38. The van der Waals surface area contributed by atoms with Crippen molar-refractivity contribution in [3.05, 3.63) is 23.7 Å². The number of rotatable bonds is 4. The van der Waals surface area contributed by atoms with E-state index in [1.807, 2.05) is 6.07 Å². The predicted octanol–water partition coefficient (Wildman–Crippen LogP) is 2.61. The van der Waals surface area contributed by atoms with E-state index in [1.165, 1.54) is 25.9 Å². The van der Waals surface area contributed by atoms with Crippen molar-refractivity contribution >= 4 is 0 Å². The van der Waals surface area contributed by atoms with Crippen LogP contribution in [0.15, 0.2) is 16.7 Å². The molecule has 1 aliphatic rings. The van der Waals surface area contributed by atoms with Crippen LogP contribution in [0.2, 0.25) is 0 Å². The Labute approximate surface area is 104 Å². The highest BCUT2D eigenvalue weighted by Crippen LogP contribution is 2.25. The third kappa shape index (κ3) is 3.11. The molecule has 3 nitrogen and oxygen atoms in total. The Morgan fingerprint density at radius 3 is 2.71 bits per heavy atom. The van der Waals surface area contributed by atoms with Crippen LogP contribution in [0.3, 0.4) is 0 Å². The molecular formula is C14H24N2O. The molecule has 0 spiro atoms. The number of nitrogens with two attached hydrogens (primary N) is 1. The van der Waals surface area contributed by atoms with Crippen LogP contribution >= 0.6 is 0 Å². The smallest absolute Gasteiger partial charge is 0.122 e. The number of likely N-dealkylation sites (tertiary alicyclic amines) is 1. The molecule has 0 saturated carbocycles. The van der Waals surface area contributed by atoms with Crippen LogP contribution in [0.5, 0.6) is 0 Å². The van der Waals surface area contributed by atoms with Gasteiger partial charge < -0.3 is 10.2 Å². The minimum Gasteiger partial charge on any atom is -0.468 e. The maximum Gasteiger partial charge on any atom is 0.122 e. The summed E-state index contributed by atoms with van der Waals surface area (Å²) in [4.78, 5) is 2.48. The van der Waals surface area contributed by atoms with Crippen LogP contribution in [-0.2, 0) is 13.1 Å². The van der Waals surface area contributed by atoms with Crippen molar-refractivity contribution in [2.45, 2.75) is 39.8 Å². The lowest BCUT2D eigenvalue weighted by Crippen LogP contribution is -2.34. The molecule has 1 aromatic heterocycles. The lowest BCUT2D eigenvalue weighted by molar-refractivity contribution is 0.143. The fraction of sp³-hybridized carbons (Fsp3) is 0.714. The van der Waals surface area contributed by atoms with Crippen molar-refractivity contribution in [3.63, 3.8) is 0 Å². The van der Waals surface area contributed by atoms with E-state index in [9.17, 15) is 0 Å². The number of nitrogens with zero attached hydrogens (tertiary/aromatic N) is 1. The molecule has 96 valence electrons. The van der Waals surface area contributed by atoms with Gasteiger partial charge in [-0.25, -0.2) is 0 Å². The van der Waals surface area contributed by atoms with Crippen molar-refractivity contribution in [1.29, 1.82) is 0 Å². The molecule has 1 aromatic rings. The monoisotopic (exact) mass is 236 g/mol. The third-order valence-corrected chi connectivity index (χ3v) is 4.00. The van der Waals surface area contributed by atoms with Crippen LogP contribution < -0.4 is 5.73 Å². The highest BCUT2D eigenvalue weighted by atomic mass is 16.3. The van der Waals surface area contributed by atoms with Gasteiger partial charge in [0, 0.05) is 12.1 Å². The summed E-state index contributed by atoms with van der Waals surface area (Å²) >= 11 is 0. The Morgan fingerprint density at radius 1 is 1.41 bits per heavy atom. The predicted molar refractivity (Wildman–Crippen MR) is 69.4 cm³/mol. The molecule has 0 radical (unpaired) electrons. The second kappa shape index (κ2) is 5.69. The molecule has 2 N–H and O–H groups in total. The first-order valence-electron chi connectivity index (χ1n) is 6.68. The molecule has 0 aliphatic carbocycles. The zero-order valence-electron chi connectivity index (χ0n) is 11.0. The molecule has 0 amide bonds. The fourth-order valence-electron chi connectivity index (χ4n) is 2.67. The highest BCUT2D eigenvalue weighted by Gasteiger charge is 2.22. The van der Waals surface area contributed by atoms with Crippen molar-refractivity contribution in [3.8, 4) is 0 Å². The van der Waals surface area contributed by atoms with Gasteiger partial charge in [0.15, 0.2) is 0 Å². The van der Waals surface area contributed by atoms with Crippen LogP contribution in [-0.4, -0.2) is 18.0 Å². The zero-order chi connectivity index (χ0) is 12.3. The Kier molecular flexibility index (Phi) is 4.24. The van der Waals surface area contributed by atoms with E-state index < -0.39 is 0 Å². The van der Waals surface area contributed by atoms with Crippen LogP contribution in [0.25, 0.3) is 0 Å². The molecule has 0 unspecified atom stereocenters. The minimum atomic E-state index is 0.578. The van der Waals surface area contributed by atoms with Crippen molar-refractivity contribution in [2.75, 3.05) is 13.1 Å². The van der Waals surface area contributed by atoms with Crippen LogP contribution in [0.1, 0.15) is 38.0 Å². The second-order valence-electron chi connectivity index (χ2n) is 5.43. The Morgan fingerprint density at radius 2 is 2.12 bits per heavy atom. The van der Waals surface area contributed by atoms with Gasteiger partial charge in [-0.1, -0.05) is 13.8 Å². The van der Waals surface area contributed by atoms with Crippen LogP contribution in [0, 0.1) is 11.8 Å². The normalized spacial score (nSPS) is 19.1. The quantitative estimate of drug-likeness (QED) is 0.873. The van der Waals surface area contributed by atoms with Crippen molar-refractivity contribution < 1.29 is 4.42 Å². The van der Waals surface area contributed by atoms with Gasteiger partial charge in [-0.3, -0.25) is 4.90 Å². The summed E-state index contributed by atoms with van der Waals surface area (Å²) in [7, 11) is 0. The first-order valence-corrected chi connectivity index (χ1v) is 6.68. The Bertz CT molecular complexity index is 338. The van der Waals surface area contributed by atoms with E-state index >= 15 is 0 Å². The van der Waals surface area contributed by atoms with Gasteiger partial charge in [-0.05, 0) is 43.8 Å². The standard InChI is InChI=1S/C14H24N2O/c1-11(2)12-3-6-16(7-4-12)10-14-13(9-15)5-8-17-14/h5,8,11-12H,3-4,6-7,9-10,15H2,1-2H3. The highest BCUT2D eigenvalue weighted by molar-refractivity contribution is 5.16. The summed E-state index contributed by atoms with van der Waals surface area (Å²) < 4.78 is 5.51. The van der Waals surface area contributed by atoms with E-state index in [2.05, 4.69) is 18.7 Å². The summed E-state index contributed by atoms with van der Waals surface area (Å²) in [6.45, 7) is 8.54. The Balaban J connectivity index is 1.86. The third-order valence-electron chi connectivity index (χ3n) is 4.00. The SMILES string of the molecule is CC(C)C1CCN(Cc2occc2CN)CC1. The largest absolute Gasteiger partial charge is 0.468 e. The number of hydrogen-bond donors (Lipinski definition) is 1. The first-order chi connectivity index (χ1) is 8.20. The average molecular weight is 236 g/mol. The number of piperidine rings is 1. The molecule has 2 heterocycles. The van der Waals surface area contributed by atoms with Gasteiger partial charge in [0.05, 0.1) is 12.8 Å². The summed E-state index contributed by atoms with van der Waals surface area (Å²) in [6, 6.07) is 1.98. The van der Waals surface area contributed by atoms with E-state index in [-0.39, 0.29) is 0 Å². The molecule has 1 aliphatic heterocycles. The van der Waals surface area contributed by atoms with Gasteiger partial charge in [0.2, 0.25) is 0 Å². The van der Waals surface area contributed by atoms with Crippen LogP contribution in [0.4, 0.5) is 0 Å². The Hall–Kier alpha value is -0.800. The summed E-state index contributed by atoms with van der Waals surface area (Å²) in [5.41, 5.74) is 6.83. The van der Waals surface area contributed by atoms with Gasteiger partial charge in [0.1, 0.15) is 5.76 Å². The van der Waals surface area contributed by atoms with Gasteiger partial charge in [-0.15, -0.1) is 0 Å². The fourth-order valence-corrected chi connectivity index (χ4v) is 2.67. The number of hydrogen-bond acceptors (Lipinski definition) is 3. The van der Waals surface area contributed by atoms with Crippen molar-refractivity contribution in [1.82, 2.24) is 4.90 Å². The van der Waals surface area contributed by atoms with Gasteiger partial charge in [-0.2, -0.15) is 0 Å². The maximum absolute atomic E-state index is 5.68. The lowest BCUT2D eigenvalue weighted by Gasteiger charge is -2.33. The molecule has 3 heteroatoms. The maximum atomic E-state index is 5.68. The van der Waals surface area contributed by atoms with Gasteiger partial charge in [0.25, 0.3) is 0 Å². The van der Waals surface area contributed by atoms with Crippen molar-refractivity contribution in [2.24, 2.45) is 17.6 Å². The summed E-state index contributed by atoms with van der Waals surface area (Å²) in [5, 5.41) is 0. The number of furan rings is 1. The molecule has 17 heavy (non-hydrogen) atoms. The minimum absolute atomic E-state index is 0.578. The van der Waals surface area contributed by atoms with Gasteiger partial charge >= 0.3 is 0 Å². The molecule has 1 saturated heterocycles. The van der Waals surface area contributed by atoms with E-state index in [4.69, 9.17) is 10.2 Å². The molecule has 0 atom stereocenters. The van der Waals surface area contributed by atoms with E-state index in [0.29, 0.717) is 6.54 Å². The van der Waals surface area contributed by atoms with E-state index in [0.717, 1.165) is 29.7 Å². The molecule has 0 bridgehead atoms. The molecule has 0 aromatic carbocycles. The molecular weight excluding hydrogens is 212 g/mol. The second-order valence-corrected chi connectivity index (χ2v) is 5.43. The topological polar surface area (TPSA) is 42.4 Å². The summed E-state index contributed by atoms with van der Waals surface area (Å²) in [5.74, 6) is 2.77. The average Bonchev–Trinajstić information content (AvgIpc) is 2.77. The van der Waals surface area contributed by atoms with E-state index in [1.54, 1.807) is 6.26 Å². The lowest BCUT2D eigenvalue weighted by atomic mass is 9.87. The molecule has 1 fully saturated rings.